The molecule has 0 saturated carbocycles. The van der Waals surface area contributed by atoms with Gasteiger partial charge in [-0.05, 0) is 59.9 Å². The first kappa shape index (κ1) is 24.3. The number of thioether (sulfide) groups is 1. The van der Waals surface area contributed by atoms with Crippen LogP contribution in [0.3, 0.4) is 0 Å². The number of rotatable bonds is 6. The van der Waals surface area contributed by atoms with Crippen LogP contribution in [0, 0.1) is 0 Å². The van der Waals surface area contributed by atoms with Crippen LogP contribution in [0.1, 0.15) is 35.2 Å². The molecule has 0 saturated heterocycles. The van der Waals surface area contributed by atoms with Gasteiger partial charge in [-0.3, -0.25) is 4.79 Å². The van der Waals surface area contributed by atoms with Gasteiger partial charge in [-0.15, -0.1) is 11.8 Å². The summed E-state index contributed by atoms with van der Waals surface area (Å²) in [5, 5.41) is 15.8. The first-order valence-corrected chi connectivity index (χ1v) is 11.9. The van der Waals surface area contributed by atoms with E-state index in [-0.39, 0.29) is 11.5 Å². The average Bonchev–Trinajstić information content (AvgIpc) is 2.82. The van der Waals surface area contributed by atoms with Gasteiger partial charge in [-0.1, -0.05) is 48.5 Å². The minimum Gasteiger partial charge on any atom is -0.376 e. The maximum absolute atomic E-state index is 13.0. The average molecular weight is 487 g/mol. The molecule has 0 radical (unpaired) electrons. The number of carbonyl (C=O) groups is 1. The van der Waals surface area contributed by atoms with Gasteiger partial charge in [0.2, 0.25) is 5.91 Å². The van der Waals surface area contributed by atoms with E-state index >= 15 is 0 Å². The van der Waals surface area contributed by atoms with Crippen molar-refractivity contribution in [1.82, 2.24) is 5.32 Å². The first-order chi connectivity index (χ1) is 16.1. The third kappa shape index (κ3) is 5.29. The Kier molecular flexibility index (Phi) is 7.02. The molecule has 4 nitrogen and oxygen atoms in total. The number of alkyl halides is 3. The van der Waals surface area contributed by atoms with Gasteiger partial charge in [-0.25, -0.2) is 0 Å². The van der Waals surface area contributed by atoms with Crippen molar-refractivity contribution in [3.8, 4) is 0 Å². The van der Waals surface area contributed by atoms with E-state index in [1.165, 1.54) is 29.8 Å². The highest BCUT2D eigenvalue weighted by molar-refractivity contribution is 7.98. The molecular weight excluding hydrogens is 461 g/mol. The molecule has 0 aliphatic carbocycles. The third-order valence-corrected chi connectivity index (χ3v) is 7.01. The molecule has 4 rings (SSSR count). The summed E-state index contributed by atoms with van der Waals surface area (Å²) in [5.41, 5.74) is 0.343. The molecule has 2 unspecified atom stereocenters. The SMILES string of the molecule is CC(O)(c1ccc(NC(=O)C2NCCc3cc(SCc4ccccc4)ccc32)cc1)C(F)(F)F. The number of nitrogens with one attached hydrogen (secondary N) is 2. The fraction of sp³-hybridized carbons (Fsp3) is 0.269. The molecular formula is C26H25F3N2O2S. The predicted octanol–water partition coefficient (Wildman–Crippen LogP) is 5.57. The van der Waals surface area contributed by atoms with Crippen LogP contribution in [0.25, 0.3) is 0 Å². The van der Waals surface area contributed by atoms with Crippen LogP contribution < -0.4 is 10.6 Å². The van der Waals surface area contributed by atoms with Crippen molar-refractivity contribution in [2.24, 2.45) is 0 Å². The molecule has 1 aliphatic heterocycles. The number of aliphatic hydroxyl groups is 1. The Morgan fingerprint density at radius 3 is 2.47 bits per heavy atom. The van der Waals surface area contributed by atoms with Crippen molar-refractivity contribution >= 4 is 23.4 Å². The number of carbonyl (C=O) groups excluding carboxylic acids is 1. The molecule has 3 N–H and O–H groups in total. The Labute approximate surface area is 200 Å². The lowest BCUT2D eigenvalue weighted by Gasteiger charge is -2.27. The third-order valence-electron chi connectivity index (χ3n) is 5.95. The number of halogens is 3. The zero-order chi connectivity index (χ0) is 24.3. The summed E-state index contributed by atoms with van der Waals surface area (Å²) in [6.45, 7) is 1.35. The van der Waals surface area contributed by atoms with E-state index in [1.807, 2.05) is 30.3 Å². The van der Waals surface area contributed by atoms with Crippen LogP contribution in [0.5, 0.6) is 0 Å². The monoisotopic (exact) mass is 486 g/mol. The lowest BCUT2D eigenvalue weighted by molar-refractivity contribution is -0.258. The predicted molar refractivity (Wildman–Crippen MR) is 128 cm³/mol. The molecule has 178 valence electrons. The molecule has 3 aromatic carbocycles. The Balaban J connectivity index is 1.44. The molecule has 2 atom stereocenters. The van der Waals surface area contributed by atoms with Crippen molar-refractivity contribution < 1.29 is 23.1 Å². The largest absolute Gasteiger partial charge is 0.421 e. The van der Waals surface area contributed by atoms with E-state index in [2.05, 4.69) is 28.8 Å². The van der Waals surface area contributed by atoms with Crippen molar-refractivity contribution in [3.05, 3.63) is 95.1 Å². The zero-order valence-electron chi connectivity index (χ0n) is 18.5. The summed E-state index contributed by atoms with van der Waals surface area (Å²) in [4.78, 5) is 14.1. The Morgan fingerprint density at radius 1 is 1.09 bits per heavy atom. The first-order valence-electron chi connectivity index (χ1n) is 10.9. The van der Waals surface area contributed by atoms with Crippen molar-refractivity contribution in [2.75, 3.05) is 11.9 Å². The molecule has 1 amide bonds. The summed E-state index contributed by atoms with van der Waals surface area (Å²) in [6, 6.07) is 20.8. The Hall–Kier alpha value is -2.81. The van der Waals surface area contributed by atoms with Gasteiger partial charge in [-0.2, -0.15) is 13.2 Å². The van der Waals surface area contributed by atoms with Gasteiger partial charge in [0.05, 0.1) is 0 Å². The van der Waals surface area contributed by atoms with E-state index < -0.39 is 17.8 Å². The van der Waals surface area contributed by atoms with Crippen molar-refractivity contribution in [3.63, 3.8) is 0 Å². The Bertz CT molecular complexity index is 1150. The van der Waals surface area contributed by atoms with Crippen LogP contribution in [0.4, 0.5) is 18.9 Å². The standard InChI is InChI=1S/C26H25F3N2O2S/c1-25(33,26(27,28)29)19-7-9-20(10-8-19)31-24(32)23-22-12-11-21(15-18(22)13-14-30-23)34-16-17-5-3-2-4-6-17/h2-12,15,23,30,33H,13-14,16H2,1H3,(H,31,32). The molecule has 0 spiro atoms. The van der Waals surface area contributed by atoms with Crippen LogP contribution >= 0.6 is 11.8 Å². The van der Waals surface area contributed by atoms with Crippen molar-refractivity contribution in [2.45, 2.75) is 41.8 Å². The van der Waals surface area contributed by atoms with Gasteiger partial charge in [0, 0.05) is 22.9 Å². The number of hydrogen-bond donors (Lipinski definition) is 3. The topological polar surface area (TPSA) is 61.4 Å². The fourth-order valence-electron chi connectivity index (χ4n) is 3.86. The number of anilines is 1. The summed E-state index contributed by atoms with van der Waals surface area (Å²) >= 11 is 1.74. The zero-order valence-corrected chi connectivity index (χ0v) is 19.3. The van der Waals surface area contributed by atoms with Gasteiger partial charge < -0.3 is 15.7 Å². The van der Waals surface area contributed by atoms with E-state index in [0.29, 0.717) is 19.2 Å². The molecule has 1 aliphatic rings. The summed E-state index contributed by atoms with van der Waals surface area (Å²) in [5.74, 6) is 0.569. The lowest BCUT2D eigenvalue weighted by atomic mass is 9.93. The molecule has 0 bridgehead atoms. The number of amides is 1. The molecule has 1 heterocycles. The quantitative estimate of drug-likeness (QED) is 0.399. The summed E-state index contributed by atoms with van der Waals surface area (Å²) in [7, 11) is 0. The maximum atomic E-state index is 13.0. The minimum atomic E-state index is -4.80. The fourth-order valence-corrected chi connectivity index (χ4v) is 4.78. The molecule has 3 aromatic rings. The summed E-state index contributed by atoms with van der Waals surface area (Å²) < 4.78 is 39.1. The van der Waals surface area contributed by atoms with Crippen LogP contribution in [0.2, 0.25) is 0 Å². The van der Waals surface area contributed by atoms with E-state index in [4.69, 9.17) is 0 Å². The smallest absolute Gasteiger partial charge is 0.376 e. The second kappa shape index (κ2) is 9.82. The maximum Gasteiger partial charge on any atom is 0.421 e. The molecule has 0 aromatic heterocycles. The van der Waals surface area contributed by atoms with Crippen molar-refractivity contribution in [1.29, 1.82) is 0 Å². The molecule has 8 heteroatoms. The van der Waals surface area contributed by atoms with Crippen LogP contribution in [-0.2, 0) is 22.6 Å². The number of benzene rings is 3. The normalized spacial score (nSPS) is 17.5. The van der Waals surface area contributed by atoms with Gasteiger partial charge in [0.1, 0.15) is 6.04 Å². The van der Waals surface area contributed by atoms with Gasteiger partial charge >= 0.3 is 6.18 Å². The number of fused-ring (bicyclic) bond motifs is 1. The highest BCUT2D eigenvalue weighted by atomic mass is 32.2. The van der Waals surface area contributed by atoms with Crippen LogP contribution in [-0.4, -0.2) is 23.7 Å². The second-order valence-corrected chi connectivity index (χ2v) is 9.46. The van der Waals surface area contributed by atoms with Crippen LogP contribution in [0.15, 0.2) is 77.7 Å². The van der Waals surface area contributed by atoms with Gasteiger partial charge in [0.25, 0.3) is 0 Å². The Morgan fingerprint density at radius 2 is 1.79 bits per heavy atom. The van der Waals surface area contributed by atoms with Gasteiger partial charge in [0.15, 0.2) is 5.60 Å². The highest BCUT2D eigenvalue weighted by Crippen LogP contribution is 2.38. The molecule has 0 fully saturated rings. The van der Waals surface area contributed by atoms with E-state index in [1.54, 1.807) is 11.8 Å². The summed E-state index contributed by atoms with van der Waals surface area (Å²) in [6.07, 6.45) is -3.99. The van der Waals surface area contributed by atoms with E-state index in [9.17, 15) is 23.1 Å². The van der Waals surface area contributed by atoms with E-state index in [0.717, 1.165) is 28.2 Å². The number of hydrogen-bond acceptors (Lipinski definition) is 4. The molecule has 34 heavy (non-hydrogen) atoms. The lowest BCUT2D eigenvalue weighted by Crippen LogP contribution is -2.39. The highest BCUT2D eigenvalue weighted by Gasteiger charge is 2.51. The second-order valence-electron chi connectivity index (χ2n) is 8.41. The minimum absolute atomic E-state index is 0.291.